The number of halogens is 2. The van der Waals surface area contributed by atoms with E-state index in [1.807, 2.05) is 6.07 Å². The number of ether oxygens (including phenoxy) is 1. The molecule has 0 fully saturated rings. The zero-order valence-corrected chi connectivity index (χ0v) is 13.5. The Morgan fingerprint density at radius 1 is 1.09 bits per heavy atom. The molecule has 1 amide bonds. The van der Waals surface area contributed by atoms with Gasteiger partial charge in [0.25, 0.3) is 0 Å². The molecule has 0 saturated heterocycles. The van der Waals surface area contributed by atoms with Crippen molar-refractivity contribution in [3.05, 3.63) is 58.6 Å². The molecule has 2 aromatic carbocycles. The van der Waals surface area contributed by atoms with Gasteiger partial charge in [-0.25, -0.2) is 9.69 Å². The van der Waals surface area contributed by atoms with Gasteiger partial charge in [-0.1, -0.05) is 47.5 Å². The Labute approximate surface area is 143 Å². The summed E-state index contributed by atoms with van der Waals surface area (Å²) in [6.07, 6.45) is -0.511. The van der Waals surface area contributed by atoms with Crippen molar-refractivity contribution in [1.29, 1.82) is 0 Å². The van der Waals surface area contributed by atoms with Crippen LogP contribution in [0.25, 0.3) is 0 Å². The summed E-state index contributed by atoms with van der Waals surface area (Å²) >= 11 is 12.3. The van der Waals surface area contributed by atoms with Crippen LogP contribution in [-0.4, -0.2) is 30.0 Å². The summed E-state index contributed by atoms with van der Waals surface area (Å²) in [5.74, 6) is 0.834. The third-order valence-corrected chi connectivity index (χ3v) is 3.84. The average Bonchev–Trinajstić information content (AvgIpc) is 3.00. The summed E-state index contributed by atoms with van der Waals surface area (Å²) in [4.78, 5) is 18.0. The van der Waals surface area contributed by atoms with Gasteiger partial charge in [0, 0.05) is 0 Å². The summed E-state index contributed by atoms with van der Waals surface area (Å²) in [6.45, 7) is 0.907. The van der Waals surface area contributed by atoms with Gasteiger partial charge < -0.3 is 10.1 Å². The number of hydrogen-bond acceptors (Lipinski definition) is 4. The minimum absolute atomic E-state index is 0.362. The zero-order valence-electron chi connectivity index (χ0n) is 12.0. The highest BCUT2D eigenvalue weighted by Crippen LogP contribution is 2.30. The molecular weight excluding hydrogens is 337 g/mol. The van der Waals surface area contributed by atoms with Crippen LogP contribution >= 0.6 is 23.2 Å². The number of aliphatic imine (C=N–C) groups is 1. The summed E-state index contributed by atoms with van der Waals surface area (Å²) in [5.41, 5.74) is 0.508. The van der Waals surface area contributed by atoms with Crippen molar-refractivity contribution in [2.75, 3.05) is 18.4 Å². The monoisotopic (exact) mass is 349 g/mol. The summed E-state index contributed by atoms with van der Waals surface area (Å²) < 4.78 is 5.33. The minimum Gasteiger partial charge on any atom is -0.410 e. The molecule has 0 unspecified atom stereocenters. The maximum Gasteiger partial charge on any atom is 0.422 e. The zero-order chi connectivity index (χ0) is 16.2. The highest BCUT2D eigenvalue weighted by molar-refractivity contribution is 6.39. The third kappa shape index (κ3) is 3.57. The predicted molar refractivity (Wildman–Crippen MR) is 91.6 cm³/mol. The number of carbonyl (C=O) groups excluding carboxylic acids is 1. The fourth-order valence-corrected chi connectivity index (χ4v) is 2.60. The minimum atomic E-state index is -0.511. The summed E-state index contributed by atoms with van der Waals surface area (Å²) in [7, 11) is 0. The van der Waals surface area contributed by atoms with Crippen molar-refractivity contribution in [2.24, 2.45) is 4.99 Å². The van der Waals surface area contributed by atoms with Crippen LogP contribution in [0.15, 0.2) is 53.5 Å². The van der Waals surface area contributed by atoms with Crippen LogP contribution in [-0.2, 0) is 0 Å². The first kappa shape index (κ1) is 15.6. The molecule has 23 heavy (non-hydrogen) atoms. The maximum atomic E-state index is 12.3. The van der Waals surface area contributed by atoms with E-state index >= 15 is 0 Å². The molecule has 1 aliphatic heterocycles. The molecule has 0 aliphatic carbocycles. The second-order valence-electron chi connectivity index (χ2n) is 4.76. The number of rotatable bonds is 2. The van der Waals surface area contributed by atoms with Gasteiger partial charge in [-0.2, -0.15) is 0 Å². The van der Waals surface area contributed by atoms with Crippen LogP contribution in [0.4, 0.5) is 10.5 Å². The second kappa shape index (κ2) is 6.89. The number of amides is 1. The van der Waals surface area contributed by atoms with E-state index in [0.717, 1.165) is 0 Å². The number of carbonyl (C=O) groups is 1. The fraction of sp³-hybridized carbons (Fsp3) is 0.125. The fourth-order valence-electron chi connectivity index (χ4n) is 2.11. The van der Waals surface area contributed by atoms with Gasteiger partial charge in [-0.15, -0.1) is 0 Å². The van der Waals surface area contributed by atoms with E-state index in [1.165, 1.54) is 4.90 Å². The Morgan fingerprint density at radius 3 is 2.48 bits per heavy atom. The quantitative estimate of drug-likeness (QED) is 0.880. The maximum absolute atomic E-state index is 12.3. The molecule has 0 atom stereocenters. The largest absolute Gasteiger partial charge is 0.422 e. The molecule has 118 valence electrons. The molecule has 2 aromatic rings. The van der Waals surface area contributed by atoms with E-state index in [-0.39, 0.29) is 0 Å². The molecule has 0 spiro atoms. The van der Waals surface area contributed by atoms with Crippen LogP contribution in [0.1, 0.15) is 0 Å². The summed E-state index contributed by atoms with van der Waals surface area (Å²) in [6, 6.07) is 14.0. The number of anilines is 1. The molecular formula is C16H13Cl2N3O2. The van der Waals surface area contributed by atoms with E-state index in [9.17, 15) is 4.79 Å². The lowest BCUT2D eigenvalue weighted by Crippen LogP contribution is -2.40. The van der Waals surface area contributed by atoms with Gasteiger partial charge in [0.15, 0.2) is 0 Å². The number of nitrogens with one attached hydrogen (secondary N) is 1. The molecule has 3 rings (SSSR count). The standard InChI is InChI=1S/C16H13Cl2N3O2/c17-12-7-4-8-13(18)14(12)20-15-19-9-10-21(15)16(22)23-11-5-2-1-3-6-11/h1-8H,9-10H2,(H,19,20). The van der Waals surface area contributed by atoms with E-state index < -0.39 is 6.09 Å². The van der Waals surface area contributed by atoms with Crippen molar-refractivity contribution >= 4 is 40.9 Å². The van der Waals surface area contributed by atoms with Gasteiger partial charge >= 0.3 is 6.09 Å². The normalized spacial score (nSPS) is 13.7. The molecule has 0 radical (unpaired) electrons. The van der Waals surface area contributed by atoms with E-state index in [4.69, 9.17) is 27.9 Å². The first-order valence-electron chi connectivity index (χ1n) is 6.95. The number of hydrogen-bond donors (Lipinski definition) is 1. The van der Waals surface area contributed by atoms with Gasteiger partial charge in [-0.05, 0) is 24.3 Å². The van der Waals surface area contributed by atoms with E-state index in [0.29, 0.717) is 40.5 Å². The molecule has 7 heteroatoms. The molecule has 1 heterocycles. The van der Waals surface area contributed by atoms with Gasteiger partial charge in [-0.3, -0.25) is 4.99 Å². The molecule has 5 nitrogen and oxygen atoms in total. The van der Waals surface area contributed by atoms with Crippen molar-refractivity contribution in [1.82, 2.24) is 4.90 Å². The number of nitrogens with zero attached hydrogens (tertiary/aromatic N) is 2. The van der Waals surface area contributed by atoms with Crippen molar-refractivity contribution < 1.29 is 9.53 Å². The van der Waals surface area contributed by atoms with Crippen LogP contribution in [0.5, 0.6) is 5.75 Å². The topological polar surface area (TPSA) is 53.9 Å². The highest BCUT2D eigenvalue weighted by Gasteiger charge is 2.26. The predicted octanol–water partition coefficient (Wildman–Crippen LogP) is 4.28. The lowest BCUT2D eigenvalue weighted by molar-refractivity contribution is 0.179. The molecule has 1 N–H and O–H groups in total. The van der Waals surface area contributed by atoms with Crippen LogP contribution < -0.4 is 10.1 Å². The molecule has 0 saturated carbocycles. The van der Waals surface area contributed by atoms with Gasteiger partial charge in [0.05, 0.1) is 28.8 Å². The van der Waals surface area contributed by atoms with Gasteiger partial charge in [0.1, 0.15) is 5.75 Å². The van der Waals surface area contributed by atoms with E-state index in [1.54, 1.807) is 42.5 Å². The second-order valence-corrected chi connectivity index (χ2v) is 5.57. The van der Waals surface area contributed by atoms with Crippen molar-refractivity contribution in [3.8, 4) is 5.75 Å². The Balaban J connectivity index is 1.74. The van der Waals surface area contributed by atoms with Crippen LogP contribution in [0.3, 0.4) is 0 Å². The number of guanidine groups is 1. The van der Waals surface area contributed by atoms with Crippen molar-refractivity contribution in [2.45, 2.75) is 0 Å². The molecule has 0 aromatic heterocycles. The van der Waals surface area contributed by atoms with Gasteiger partial charge in [0.2, 0.25) is 5.96 Å². The average molecular weight is 350 g/mol. The summed E-state index contributed by atoms with van der Waals surface area (Å²) in [5, 5.41) is 3.90. The first-order valence-corrected chi connectivity index (χ1v) is 7.70. The smallest absolute Gasteiger partial charge is 0.410 e. The lowest BCUT2D eigenvalue weighted by atomic mass is 10.3. The van der Waals surface area contributed by atoms with Crippen LogP contribution in [0, 0.1) is 0 Å². The SMILES string of the molecule is O=C(Oc1ccccc1)N1CCN=C1Nc1c(Cl)cccc1Cl. The van der Waals surface area contributed by atoms with Crippen LogP contribution in [0.2, 0.25) is 10.0 Å². The third-order valence-electron chi connectivity index (χ3n) is 3.21. The Kier molecular flexibility index (Phi) is 4.69. The highest BCUT2D eigenvalue weighted by atomic mass is 35.5. The van der Waals surface area contributed by atoms with Crippen molar-refractivity contribution in [3.63, 3.8) is 0 Å². The Bertz CT molecular complexity index is 730. The lowest BCUT2D eigenvalue weighted by Gasteiger charge is -2.19. The Hall–Kier alpha value is -2.24. The van der Waals surface area contributed by atoms with E-state index in [2.05, 4.69) is 10.3 Å². The first-order chi connectivity index (χ1) is 11.1. The molecule has 1 aliphatic rings. The molecule has 0 bridgehead atoms. The Morgan fingerprint density at radius 2 is 1.78 bits per heavy atom. The number of benzene rings is 2. The number of para-hydroxylation sites is 2.